The molecule has 0 saturated heterocycles. The number of hydrogen-bond acceptors (Lipinski definition) is 5. The average Bonchev–Trinajstić information content (AvgIpc) is 3.49. The number of aliphatic hydroxyl groups is 2. The van der Waals surface area contributed by atoms with Crippen molar-refractivity contribution < 1.29 is 24.5 Å². The number of nitrogens with one attached hydrogen (secondary N) is 1. The number of rotatable bonds is 71. The number of aliphatic hydroxyl groups excluding tert-OH is 2. The van der Waals surface area contributed by atoms with E-state index >= 15 is 0 Å². The van der Waals surface area contributed by atoms with Crippen molar-refractivity contribution in [1.82, 2.24) is 5.32 Å². The fraction of sp³-hybridized carbons (Fsp3) is 0.896. The molecule has 6 nitrogen and oxygen atoms in total. The molecule has 2 atom stereocenters. The summed E-state index contributed by atoms with van der Waals surface area (Å²) in [5, 5.41) is 23.2. The molecule has 3 N–H and O–H groups in total. The van der Waals surface area contributed by atoms with E-state index in [-0.39, 0.29) is 18.5 Å². The Kier molecular flexibility index (Phi) is 70.9. The van der Waals surface area contributed by atoms with Gasteiger partial charge in [0.15, 0.2) is 0 Å². The third-order valence-corrected chi connectivity index (χ3v) is 17.6. The van der Waals surface area contributed by atoms with E-state index in [1.807, 2.05) is 6.08 Å². The maximum absolute atomic E-state index is 12.5. The summed E-state index contributed by atoms with van der Waals surface area (Å²) in [5.41, 5.74) is 0. The lowest BCUT2D eigenvalue weighted by Crippen LogP contribution is -2.45. The molecular weight excluding hydrogens is 1020 g/mol. The topological polar surface area (TPSA) is 95.9 Å². The summed E-state index contributed by atoms with van der Waals surface area (Å²) >= 11 is 0. The van der Waals surface area contributed by atoms with E-state index in [0.29, 0.717) is 19.4 Å². The minimum absolute atomic E-state index is 0.0125. The highest BCUT2D eigenvalue weighted by atomic mass is 16.5. The summed E-state index contributed by atoms with van der Waals surface area (Å²) in [6.07, 6.45) is 94.0. The van der Waals surface area contributed by atoms with Gasteiger partial charge in [-0.15, -0.1) is 0 Å². The molecule has 0 rings (SSSR count). The van der Waals surface area contributed by atoms with Crippen molar-refractivity contribution in [3.63, 3.8) is 0 Å². The van der Waals surface area contributed by atoms with Crippen LogP contribution in [0.3, 0.4) is 0 Å². The van der Waals surface area contributed by atoms with Crippen molar-refractivity contribution in [2.24, 2.45) is 0 Å². The van der Waals surface area contributed by atoms with Crippen LogP contribution in [0, 0.1) is 0 Å². The number of hydrogen-bond donors (Lipinski definition) is 3. The van der Waals surface area contributed by atoms with Gasteiger partial charge in [0.25, 0.3) is 0 Å². The highest BCUT2D eigenvalue weighted by Gasteiger charge is 2.18. The number of carbonyl (C=O) groups is 2. The molecule has 0 fully saturated rings. The number of esters is 1. The Balaban J connectivity index is 3.35. The summed E-state index contributed by atoms with van der Waals surface area (Å²) in [7, 11) is 0. The van der Waals surface area contributed by atoms with Crippen LogP contribution in [0.4, 0.5) is 0 Å². The minimum Gasteiger partial charge on any atom is -0.466 e. The molecule has 6 heteroatoms. The maximum Gasteiger partial charge on any atom is 0.305 e. The average molecular weight is 1170 g/mol. The molecular formula is C77H147NO5. The standard InChI is InChI=1S/C77H147NO5/c1-3-5-7-9-11-13-15-17-19-42-45-49-53-57-61-65-69-75(80)74(73-79)78-76(81)70-66-62-58-54-50-46-43-39-37-35-33-31-29-27-25-23-21-20-22-24-26-28-30-32-34-36-38-40-44-48-52-56-60-64-68-72-83-77(82)71-67-63-59-55-51-47-41-18-16-14-12-10-8-6-4-2/h18,22,24,41,65,69,74-75,79-80H,3-17,19-21,23,25-40,42-64,66-68,70-73H2,1-2H3,(H,78,81)/b24-22-,41-18-,69-65+. The Labute approximate surface area is 519 Å². The van der Waals surface area contributed by atoms with E-state index in [4.69, 9.17) is 4.74 Å². The van der Waals surface area contributed by atoms with Crippen LogP contribution in [-0.4, -0.2) is 47.4 Å². The largest absolute Gasteiger partial charge is 0.466 e. The lowest BCUT2D eigenvalue weighted by atomic mass is 10.0. The van der Waals surface area contributed by atoms with Gasteiger partial charge in [-0.3, -0.25) is 9.59 Å². The molecule has 0 aromatic rings. The second-order valence-electron chi connectivity index (χ2n) is 26.0. The van der Waals surface area contributed by atoms with E-state index in [1.165, 1.54) is 347 Å². The highest BCUT2D eigenvalue weighted by molar-refractivity contribution is 5.76. The zero-order valence-electron chi connectivity index (χ0n) is 56.2. The molecule has 0 radical (unpaired) electrons. The van der Waals surface area contributed by atoms with Gasteiger partial charge in [0.1, 0.15) is 0 Å². The Hall–Kier alpha value is -1.92. The first-order valence-electron chi connectivity index (χ1n) is 37.8. The van der Waals surface area contributed by atoms with Crippen molar-refractivity contribution in [2.75, 3.05) is 13.2 Å². The lowest BCUT2D eigenvalue weighted by Gasteiger charge is -2.20. The number of amides is 1. The van der Waals surface area contributed by atoms with E-state index in [9.17, 15) is 19.8 Å². The Morgan fingerprint density at radius 3 is 0.855 bits per heavy atom. The second-order valence-corrected chi connectivity index (χ2v) is 26.0. The fourth-order valence-electron chi connectivity index (χ4n) is 11.9. The summed E-state index contributed by atoms with van der Waals surface area (Å²) in [6, 6.07) is -0.625. The van der Waals surface area contributed by atoms with Gasteiger partial charge in [-0.05, 0) is 83.5 Å². The molecule has 0 saturated carbocycles. The SMILES string of the molecule is CCCCCCCC/C=C\CCCCCCCC(=O)OCCCCCCCCCCCCCCCC/C=C\CCCCCCCCCCCCCCCCCCCC(=O)NC(CO)C(O)/C=C/CCCCCCCCCCCCCCCC. The first kappa shape index (κ1) is 81.1. The molecule has 2 unspecified atom stereocenters. The van der Waals surface area contributed by atoms with Gasteiger partial charge in [0, 0.05) is 12.8 Å². The molecule has 0 aliphatic carbocycles. The van der Waals surface area contributed by atoms with Gasteiger partial charge in [-0.1, -0.05) is 359 Å². The smallest absolute Gasteiger partial charge is 0.305 e. The van der Waals surface area contributed by atoms with Gasteiger partial charge >= 0.3 is 5.97 Å². The molecule has 0 spiro atoms. The molecule has 490 valence electrons. The monoisotopic (exact) mass is 1170 g/mol. The predicted octanol–water partition coefficient (Wildman–Crippen LogP) is 24.7. The Morgan fingerprint density at radius 1 is 0.325 bits per heavy atom. The van der Waals surface area contributed by atoms with Crippen LogP contribution in [0.5, 0.6) is 0 Å². The molecule has 1 amide bonds. The van der Waals surface area contributed by atoms with Crippen LogP contribution < -0.4 is 5.32 Å². The quantitative estimate of drug-likeness (QED) is 0.0320. The first-order chi connectivity index (χ1) is 41.0. The third kappa shape index (κ3) is 69.1. The van der Waals surface area contributed by atoms with Crippen molar-refractivity contribution in [3.8, 4) is 0 Å². The molecule has 0 aromatic carbocycles. The second kappa shape index (κ2) is 72.6. The number of unbranched alkanes of at least 4 members (excludes halogenated alkanes) is 56. The van der Waals surface area contributed by atoms with Crippen LogP contribution in [0.2, 0.25) is 0 Å². The van der Waals surface area contributed by atoms with Gasteiger partial charge < -0.3 is 20.3 Å². The fourth-order valence-corrected chi connectivity index (χ4v) is 11.9. The van der Waals surface area contributed by atoms with Crippen LogP contribution in [-0.2, 0) is 14.3 Å². The van der Waals surface area contributed by atoms with Crippen molar-refractivity contribution in [2.45, 2.75) is 431 Å². The van der Waals surface area contributed by atoms with Gasteiger partial charge in [0.05, 0.1) is 25.4 Å². The van der Waals surface area contributed by atoms with E-state index in [0.717, 1.165) is 44.9 Å². The summed E-state index contributed by atoms with van der Waals surface area (Å²) < 4.78 is 5.50. The van der Waals surface area contributed by atoms with E-state index < -0.39 is 12.1 Å². The summed E-state index contributed by atoms with van der Waals surface area (Å²) in [5.74, 6) is -0.0490. The maximum atomic E-state index is 12.5. The zero-order valence-corrected chi connectivity index (χ0v) is 56.2. The van der Waals surface area contributed by atoms with Crippen LogP contribution in [0.25, 0.3) is 0 Å². The molecule has 83 heavy (non-hydrogen) atoms. The number of carbonyl (C=O) groups excluding carboxylic acids is 2. The highest BCUT2D eigenvalue weighted by Crippen LogP contribution is 2.19. The summed E-state index contributed by atoms with van der Waals surface area (Å²) in [4.78, 5) is 24.6. The third-order valence-electron chi connectivity index (χ3n) is 17.6. The first-order valence-corrected chi connectivity index (χ1v) is 37.8. The van der Waals surface area contributed by atoms with Gasteiger partial charge in [0.2, 0.25) is 5.91 Å². The Morgan fingerprint density at radius 2 is 0.566 bits per heavy atom. The molecule has 0 aliphatic heterocycles. The molecule has 0 aliphatic rings. The van der Waals surface area contributed by atoms with Crippen molar-refractivity contribution >= 4 is 11.9 Å². The molecule has 0 heterocycles. The van der Waals surface area contributed by atoms with Crippen LogP contribution >= 0.6 is 0 Å². The van der Waals surface area contributed by atoms with Crippen LogP contribution in [0.1, 0.15) is 418 Å². The van der Waals surface area contributed by atoms with Crippen LogP contribution in [0.15, 0.2) is 36.5 Å². The number of ether oxygens (including phenoxy) is 1. The number of allylic oxidation sites excluding steroid dienone is 5. The zero-order chi connectivity index (χ0) is 59.9. The van der Waals surface area contributed by atoms with E-state index in [2.05, 4.69) is 43.5 Å². The van der Waals surface area contributed by atoms with E-state index in [1.54, 1.807) is 6.08 Å². The molecule has 0 aromatic heterocycles. The normalized spacial score (nSPS) is 12.7. The molecule has 0 bridgehead atoms. The van der Waals surface area contributed by atoms with Gasteiger partial charge in [-0.2, -0.15) is 0 Å². The Bertz CT molecular complexity index is 1340. The van der Waals surface area contributed by atoms with Crippen molar-refractivity contribution in [3.05, 3.63) is 36.5 Å². The van der Waals surface area contributed by atoms with Gasteiger partial charge in [-0.25, -0.2) is 0 Å². The minimum atomic E-state index is -0.842. The summed E-state index contributed by atoms with van der Waals surface area (Å²) in [6.45, 7) is 4.93. The predicted molar refractivity (Wildman–Crippen MR) is 366 cm³/mol. The lowest BCUT2D eigenvalue weighted by molar-refractivity contribution is -0.143. The van der Waals surface area contributed by atoms with Crippen molar-refractivity contribution in [1.29, 1.82) is 0 Å².